The van der Waals surface area contributed by atoms with Gasteiger partial charge in [-0.05, 0) is 34.7 Å². The minimum atomic E-state index is -0.135. The lowest BCUT2D eigenvalue weighted by Crippen LogP contribution is -1.93. The van der Waals surface area contributed by atoms with Crippen LogP contribution in [0.5, 0.6) is 11.6 Å². The molecule has 0 aliphatic carbocycles. The molecule has 0 aliphatic heterocycles. The highest BCUT2D eigenvalue weighted by Gasteiger charge is 2.06. The van der Waals surface area contributed by atoms with E-state index in [0.717, 1.165) is 9.32 Å². The summed E-state index contributed by atoms with van der Waals surface area (Å²) < 4.78 is 6.61. The van der Waals surface area contributed by atoms with Crippen LogP contribution in [0.4, 0.5) is 0 Å². The van der Waals surface area contributed by atoms with E-state index < -0.39 is 0 Å². The lowest BCUT2D eigenvalue weighted by Gasteiger charge is -2.08. The standard InChI is InChI=1S/C12H9ClINO2/c13-9-6-15-12(5-8(9)7-16)17-11-4-2-1-3-10(11)14/h1-6,16H,7H2. The van der Waals surface area contributed by atoms with Crippen molar-refractivity contribution in [2.75, 3.05) is 0 Å². The number of para-hydroxylation sites is 1. The van der Waals surface area contributed by atoms with E-state index in [1.54, 1.807) is 6.07 Å². The van der Waals surface area contributed by atoms with Gasteiger partial charge in [0, 0.05) is 17.8 Å². The first kappa shape index (κ1) is 12.6. The van der Waals surface area contributed by atoms with Crippen LogP contribution >= 0.6 is 34.2 Å². The molecular formula is C12H9ClINO2. The van der Waals surface area contributed by atoms with E-state index in [0.29, 0.717) is 16.5 Å². The molecule has 0 saturated carbocycles. The number of nitrogens with zero attached hydrogens (tertiary/aromatic N) is 1. The van der Waals surface area contributed by atoms with Crippen LogP contribution in [0, 0.1) is 3.57 Å². The van der Waals surface area contributed by atoms with Crippen LogP contribution in [0.15, 0.2) is 36.5 Å². The second-order valence-electron chi connectivity index (χ2n) is 3.30. The van der Waals surface area contributed by atoms with Crippen molar-refractivity contribution < 1.29 is 9.84 Å². The fourth-order valence-corrected chi connectivity index (χ4v) is 1.94. The van der Waals surface area contributed by atoms with Gasteiger partial charge in [0.15, 0.2) is 0 Å². The van der Waals surface area contributed by atoms with Gasteiger partial charge in [-0.3, -0.25) is 0 Å². The molecule has 0 radical (unpaired) electrons. The summed E-state index contributed by atoms with van der Waals surface area (Å²) in [6.45, 7) is -0.135. The second kappa shape index (κ2) is 5.66. The summed E-state index contributed by atoms with van der Waals surface area (Å²) >= 11 is 8.03. The molecule has 3 nitrogen and oxygen atoms in total. The zero-order valence-electron chi connectivity index (χ0n) is 8.73. The quantitative estimate of drug-likeness (QED) is 0.849. The van der Waals surface area contributed by atoms with Crippen LogP contribution in [0.1, 0.15) is 5.56 Å². The zero-order valence-corrected chi connectivity index (χ0v) is 11.6. The third-order valence-corrected chi connectivity index (χ3v) is 3.36. The Bertz CT molecular complexity index is 534. The minimum Gasteiger partial charge on any atom is -0.438 e. The third kappa shape index (κ3) is 3.08. The van der Waals surface area contributed by atoms with Gasteiger partial charge >= 0.3 is 0 Å². The molecule has 1 aromatic heterocycles. The van der Waals surface area contributed by atoms with Crippen LogP contribution < -0.4 is 4.74 Å². The van der Waals surface area contributed by atoms with Crippen molar-refractivity contribution in [1.29, 1.82) is 0 Å². The average Bonchev–Trinajstić information content (AvgIpc) is 2.34. The Morgan fingerprint density at radius 3 is 2.82 bits per heavy atom. The predicted octanol–water partition coefficient (Wildman–Crippen LogP) is 3.62. The molecule has 0 aliphatic rings. The van der Waals surface area contributed by atoms with E-state index in [4.69, 9.17) is 21.4 Å². The molecular weight excluding hydrogens is 352 g/mol. The molecule has 1 heterocycles. The van der Waals surface area contributed by atoms with Crippen molar-refractivity contribution in [3.63, 3.8) is 0 Å². The summed E-state index contributed by atoms with van der Waals surface area (Å²) in [7, 11) is 0. The topological polar surface area (TPSA) is 42.4 Å². The van der Waals surface area contributed by atoms with Crippen LogP contribution in [0.25, 0.3) is 0 Å². The van der Waals surface area contributed by atoms with Crippen molar-refractivity contribution in [2.45, 2.75) is 6.61 Å². The number of ether oxygens (including phenoxy) is 1. The first-order valence-corrected chi connectivity index (χ1v) is 6.34. The number of halogens is 2. The normalized spacial score (nSPS) is 10.3. The molecule has 17 heavy (non-hydrogen) atoms. The summed E-state index contributed by atoms with van der Waals surface area (Å²) in [5.41, 5.74) is 0.600. The smallest absolute Gasteiger partial charge is 0.219 e. The zero-order chi connectivity index (χ0) is 12.3. The maximum Gasteiger partial charge on any atom is 0.219 e. The number of pyridine rings is 1. The summed E-state index contributed by atoms with van der Waals surface area (Å²) in [6.07, 6.45) is 1.47. The Kier molecular flexibility index (Phi) is 4.20. The van der Waals surface area contributed by atoms with Gasteiger partial charge < -0.3 is 9.84 Å². The number of hydrogen-bond donors (Lipinski definition) is 1. The van der Waals surface area contributed by atoms with E-state index in [1.807, 2.05) is 24.3 Å². The van der Waals surface area contributed by atoms with Gasteiger partial charge in [-0.15, -0.1) is 0 Å². The molecule has 0 bridgehead atoms. The fourth-order valence-electron chi connectivity index (χ4n) is 1.28. The second-order valence-corrected chi connectivity index (χ2v) is 4.87. The summed E-state index contributed by atoms with van der Waals surface area (Å²) in [4.78, 5) is 4.05. The van der Waals surface area contributed by atoms with Crippen molar-refractivity contribution >= 4 is 34.2 Å². The van der Waals surface area contributed by atoms with Gasteiger partial charge in [-0.25, -0.2) is 4.98 Å². The van der Waals surface area contributed by atoms with Crippen molar-refractivity contribution in [3.05, 3.63) is 50.7 Å². The van der Waals surface area contributed by atoms with Crippen molar-refractivity contribution in [2.24, 2.45) is 0 Å². The average molecular weight is 362 g/mol. The molecule has 0 spiro atoms. The highest BCUT2D eigenvalue weighted by Crippen LogP contribution is 2.27. The summed E-state index contributed by atoms with van der Waals surface area (Å²) in [6, 6.07) is 9.25. The molecule has 0 saturated heterocycles. The Labute approximate surface area is 118 Å². The molecule has 0 fully saturated rings. The molecule has 2 aromatic rings. The van der Waals surface area contributed by atoms with E-state index in [2.05, 4.69) is 27.6 Å². The molecule has 0 unspecified atom stereocenters. The number of aliphatic hydroxyl groups excluding tert-OH is 1. The van der Waals surface area contributed by atoms with Gasteiger partial charge in [-0.2, -0.15) is 0 Å². The van der Waals surface area contributed by atoms with E-state index >= 15 is 0 Å². The van der Waals surface area contributed by atoms with Gasteiger partial charge in [0.1, 0.15) is 5.75 Å². The number of hydrogen-bond acceptors (Lipinski definition) is 3. The molecule has 1 N–H and O–H groups in total. The number of rotatable bonds is 3. The highest BCUT2D eigenvalue weighted by atomic mass is 127. The van der Waals surface area contributed by atoms with Gasteiger partial charge in [0.05, 0.1) is 15.2 Å². The SMILES string of the molecule is OCc1cc(Oc2ccccc2I)ncc1Cl. The van der Waals surface area contributed by atoms with Crippen molar-refractivity contribution in [3.8, 4) is 11.6 Å². The first-order valence-electron chi connectivity index (χ1n) is 4.88. The maximum absolute atomic E-state index is 9.09. The lowest BCUT2D eigenvalue weighted by molar-refractivity contribution is 0.281. The molecule has 1 aromatic carbocycles. The van der Waals surface area contributed by atoms with Crippen LogP contribution in [-0.2, 0) is 6.61 Å². The Morgan fingerprint density at radius 2 is 2.12 bits per heavy atom. The van der Waals surface area contributed by atoms with Crippen LogP contribution in [-0.4, -0.2) is 10.1 Å². The van der Waals surface area contributed by atoms with Gasteiger partial charge in [0.2, 0.25) is 5.88 Å². The largest absolute Gasteiger partial charge is 0.438 e. The molecule has 2 rings (SSSR count). The van der Waals surface area contributed by atoms with Gasteiger partial charge in [0.25, 0.3) is 0 Å². The number of benzene rings is 1. The lowest BCUT2D eigenvalue weighted by atomic mass is 10.3. The van der Waals surface area contributed by atoms with Gasteiger partial charge in [-0.1, -0.05) is 23.7 Å². The molecule has 88 valence electrons. The Morgan fingerprint density at radius 1 is 1.35 bits per heavy atom. The molecule has 0 atom stereocenters. The molecule has 5 heteroatoms. The maximum atomic E-state index is 9.09. The van der Waals surface area contributed by atoms with Crippen LogP contribution in [0.2, 0.25) is 5.02 Å². The number of aromatic nitrogens is 1. The Balaban J connectivity index is 2.28. The van der Waals surface area contributed by atoms with E-state index in [9.17, 15) is 0 Å². The molecule has 0 amide bonds. The number of aliphatic hydroxyl groups is 1. The first-order chi connectivity index (χ1) is 8.20. The monoisotopic (exact) mass is 361 g/mol. The van der Waals surface area contributed by atoms with E-state index in [1.165, 1.54) is 6.20 Å². The van der Waals surface area contributed by atoms with E-state index in [-0.39, 0.29) is 6.61 Å². The Hall–Kier alpha value is -0.850. The minimum absolute atomic E-state index is 0.135. The predicted molar refractivity (Wildman–Crippen MR) is 74.4 cm³/mol. The highest BCUT2D eigenvalue weighted by molar-refractivity contribution is 14.1. The summed E-state index contributed by atoms with van der Waals surface area (Å²) in [5.74, 6) is 1.15. The summed E-state index contributed by atoms with van der Waals surface area (Å²) in [5, 5.41) is 9.53. The van der Waals surface area contributed by atoms with Crippen LogP contribution in [0.3, 0.4) is 0 Å². The fraction of sp³-hybridized carbons (Fsp3) is 0.0833. The third-order valence-electron chi connectivity index (χ3n) is 2.13. The van der Waals surface area contributed by atoms with Crippen molar-refractivity contribution in [1.82, 2.24) is 4.98 Å².